The van der Waals surface area contributed by atoms with Gasteiger partial charge in [0.05, 0.1) is 6.10 Å². The summed E-state index contributed by atoms with van der Waals surface area (Å²) in [6, 6.07) is 5.93. The lowest BCUT2D eigenvalue weighted by Crippen LogP contribution is -2.23. The summed E-state index contributed by atoms with van der Waals surface area (Å²) in [4.78, 5) is 0. The lowest BCUT2D eigenvalue weighted by molar-refractivity contribution is -0.0259. The van der Waals surface area contributed by atoms with E-state index in [9.17, 15) is 9.50 Å². The first-order chi connectivity index (χ1) is 7.22. The van der Waals surface area contributed by atoms with Gasteiger partial charge in [0, 0.05) is 7.11 Å². The van der Waals surface area contributed by atoms with E-state index in [1.807, 2.05) is 0 Å². The van der Waals surface area contributed by atoms with Crippen molar-refractivity contribution in [2.75, 3.05) is 7.11 Å². The van der Waals surface area contributed by atoms with Gasteiger partial charge in [0.15, 0.2) is 0 Å². The second-order valence-corrected chi connectivity index (χ2v) is 4.03. The second kappa shape index (κ2) is 4.29. The molecular weight excluding hydrogens is 195 g/mol. The summed E-state index contributed by atoms with van der Waals surface area (Å²) in [7, 11) is 1.61. The average molecular weight is 210 g/mol. The Morgan fingerprint density at radius 1 is 1.33 bits per heavy atom. The van der Waals surface area contributed by atoms with Crippen LogP contribution < -0.4 is 0 Å². The highest BCUT2D eigenvalue weighted by molar-refractivity contribution is 5.20. The minimum Gasteiger partial charge on any atom is -0.386 e. The maximum atomic E-state index is 12.7. The van der Waals surface area contributed by atoms with Gasteiger partial charge in [0.2, 0.25) is 0 Å². The number of methoxy groups -OCH3 is 1. The Bertz CT molecular complexity index is 319. The SMILES string of the molecule is COC(C1CC1)C(O)c1ccc(F)cc1. The Morgan fingerprint density at radius 2 is 1.93 bits per heavy atom. The summed E-state index contributed by atoms with van der Waals surface area (Å²) < 4.78 is 18.0. The van der Waals surface area contributed by atoms with Crippen molar-refractivity contribution < 1.29 is 14.2 Å². The fraction of sp³-hybridized carbons (Fsp3) is 0.500. The molecule has 0 saturated heterocycles. The van der Waals surface area contributed by atoms with E-state index in [1.165, 1.54) is 12.1 Å². The standard InChI is InChI=1S/C12H15FO2/c1-15-12(9-2-3-9)11(14)8-4-6-10(13)7-5-8/h4-7,9,11-12,14H,2-3H2,1H3. The van der Waals surface area contributed by atoms with Crippen LogP contribution in [0.15, 0.2) is 24.3 Å². The van der Waals surface area contributed by atoms with Crippen LogP contribution in [0, 0.1) is 11.7 Å². The molecule has 0 heterocycles. The summed E-state index contributed by atoms with van der Waals surface area (Å²) >= 11 is 0. The van der Waals surface area contributed by atoms with Crippen LogP contribution in [0.1, 0.15) is 24.5 Å². The highest BCUT2D eigenvalue weighted by Crippen LogP contribution is 2.39. The van der Waals surface area contributed by atoms with Gasteiger partial charge in [0.1, 0.15) is 11.9 Å². The molecule has 1 N–H and O–H groups in total. The molecule has 1 aromatic carbocycles. The second-order valence-electron chi connectivity index (χ2n) is 4.03. The predicted molar refractivity (Wildman–Crippen MR) is 54.9 cm³/mol. The molecule has 2 rings (SSSR count). The fourth-order valence-corrected chi connectivity index (χ4v) is 1.85. The molecule has 0 aromatic heterocycles. The summed E-state index contributed by atoms with van der Waals surface area (Å²) in [5.41, 5.74) is 0.718. The zero-order valence-electron chi connectivity index (χ0n) is 8.69. The molecule has 0 aliphatic heterocycles. The molecule has 82 valence electrons. The summed E-state index contributed by atoms with van der Waals surface area (Å²) in [5.74, 6) is 0.168. The van der Waals surface area contributed by atoms with E-state index in [1.54, 1.807) is 19.2 Å². The van der Waals surface area contributed by atoms with E-state index in [0.717, 1.165) is 18.4 Å². The van der Waals surface area contributed by atoms with Gasteiger partial charge in [-0.1, -0.05) is 12.1 Å². The van der Waals surface area contributed by atoms with Crippen molar-refractivity contribution in [2.24, 2.45) is 5.92 Å². The van der Waals surface area contributed by atoms with E-state index >= 15 is 0 Å². The predicted octanol–water partition coefficient (Wildman–Crippen LogP) is 2.28. The number of rotatable bonds is 4. The molecule has 15 heavy (non-hydrogen) atoms. The van der Waals surface area contributed by atoms with Crippen LogP contribution in [0.4, 0.5) is 4.39 Å². The molecule has 0 bridgehead atoms. The van der Waals surface area contributed by atoms with Gasteiger partial charge in [-0.05, 0) is 36.5 Å². The van der Waals surface area contributed by atoms with E-state index in [2.05, 4.69) is 0 Å². The highest BCUT2D eigenvalue weighted by atomic mass is 19.1. The molecule has 0 spiro atoms. The van der Waals surface area contributed by atoms with Crippen molar-refractivity contribution in [1.29, 1.82) is 0 Å². The first-order valence-electron chi connectivity index (χ1n) is 5.18. The first kappa shape index (κ1) is 10.6. The van der Waals surface area contributed by atoms with Crippen LogP contribution in [0.5, 0.6) is 0 Å². The van der Waals surface area contributed by atoms with Gasteiger partial charge in [-0.2, -0.15) is 0 Å². The number of aliphatic hydroxyl groups is 1. The molecule has 0 amide bonds. The minimum absolute atomic E-state index is 0.157. The molecule has 0 radical (unpaired) electrons. The van der Waals surface area contributed by atoms with Crippen LogP contribution in [-0.2, 0) is 4.74 Å². The van der Waals surface area contributed by atoms with Crippen molar-refractivity contribution in [3.8, 4) is 0 Å². The van der Waals surface area contributed by atoms with Gasteiger partial charge >= 0.3 is 0 Å². The van der Waals surface area contributed by atoms with E-state index in [-0.39, 0.29) is 11.9 Å². The van der Waals surface area contributed by atoms with Gasteiger partial charge in [-0.15, -0.1) is 0 Å². The smallest absolute Gasteiger partial charge is 0.123 e. The zero-order chi connectivity index (χ0) is 10.8. The maximum Gasteiger partial charge on any atom is 0.123 e. The zero-order valence-corrected chi connectivity index (χ0v) is 8.69. The fourth-order valence-electron chi connectivity index (χ4n) is 1.85. The Balaban J connectivity index is 2.11. The molecule has 1 aliphatic carbocycles. The van der Waals surface area contributed by atoms with Crippen molar-refractivity contribution in [2.45, 2.75) is 25.0 Å². The summed E-state index contributed by atoms with van der Waals surface area (Å²) in [6.45, 7) is 0. The maximum absolute atomic E-state index is 12.7. The Morgan fingerprint density at radius 3 is 2.40 bits per heavy atom. The molecule has 1 saturated carbocycles. The molecule has 2 nitrogen and oxygen atoms in total. The highest BCUT2D eigenvalue weighted by Gasteiger charge is 2.36. The van der Waals surface area contributed by atoms with Crippen LogP contribution in [0.25, 0.3) is 0 Å². The largest absolute Gasteiger partial charge is 0.386 e. The van der Waals surface area contributed by atoms with Crippen LogP contribution in [0.2, 0.25) is 0 Å². The molecular formula is C12H15FO2. The lowest BCUT2D eigenvalue weighted by Gasteiger charge is -2.21. The first-order valence-corrected chi connectivity index (χ1v) is 5.18. The number of hydrogen-bond acceptors (Lipinski definition) is 2. The molecule has 3 heteroatoms. The number of hydrogen-bond donors (Lipinski definition) is 1. The van der Waals surface area contributed by atoms with E-state index < -0.39 is 6.10 Å². The van der Waals surface area contributed by atoms with Gasteiger partial charge in [-0.3, -0.25) is 0 Å². The number of aliphatic hydroxyl groups excluding tert-OH is 1. The monoisotopic (exact) mass is 210 g/mol. The lowest BCUT2D eigenvalue weighted by atomic mass is 10.0. The van der Waals surface area contributed by atoms with Crippen LogP contribution in [-0.4, -0.2) is 18.3 Å². The molecule has 1 aliphatic rings. The van der Waals surface area contributed by atoms with Gasteiger partial charge in [0.25, 0.3) is 0 Å². The third kappa shape index (κ3) is 2.36. The minimum atomic E-state index is -0.650. The van der Waals surface area contributed by atoms with E-state index in [4.69, 9.17) is 4.74 Å². The third-order valence-electron chi connectivity index (χ3n) is 2.88. The average Bonchev–Trinajstić information content (AvgIpc) is 3.04. The van der Waals surface area contributed by atoms with Crippen molar-refractivity contribution in [1.82, 2.24) is 0 Å². The third-order valence-corrected chi connectivity index (χ3v) is 2.88. The van der Waals surface area contributed by atoms with E-state index in [0.29, 0.717) is 5.92 Å². The van der Waals surface area contributed by atoms with Crippen LogP contribution in [0.3, 0.4) is 0 Å². The van der Waals surface area contributed by atoms with Crippen LogP contribution >= 0.6 is 0 Å². The number of benzene rings is 1. The quantitative estimate of drug-likeness (QED) is 0.826. The molecule has 2 unspecified atom stereocenters. The molecule has 2 atom stereocenters. The summed E-state index contributed by atoms with van der Waals surface area (Å²) in [6.07, 6.45) is 1.41. The van der Waals surface area contributed by atoms with Crippen molar-refractivity contribution >= 4 is 0 Å². The normalized spacial score (nSPS) is 19.9. The topological polar surface area (TPSA) is 29.5 Å². The summed E-state index contributed by atoms with van der Waals surface area (Å²) in [5, 5.41) is 10.0. The Labute approximate surface area is 88.7 Å². The molecule has 1 aromatic rings. The Kier molecular flexibility index (Phi) is 3.03. The van der Waals surface area contributed by atoms with Gasteiger partial charge in [-0.25, -0.2) is 4.39 Å². The number of ether oxygens (including phenoxy) is 1. The van der Waals surface area contributed by atoms with Crippen molar-refractivity contribution in [3.05, 3.63) is 35.6 Å². The number of halogens is 1. The van der Waals surface area contributed by atoms with Crippen molar-refractivity contribution in [3.63, 3.8) is 0 Å². The molecule has 1 fully saturated rings. The Hall–Kier alpha value is -0.930. The van der Waals surface area contributed by atoms with Gasteiger partial charge < -0.3 is 9.84 Å².